The van der Waals surface area contributed by atoms with Crippen LogP contribution in [0.5, 0.6) is 0 Å². The van der Waals surface area contributed by atoms with Gasteiger partial charge in [0.1, 0.15) is 5.82 Å². The summed E-state index contributed by atoms with van der Waals surface area (Å²) in [6, 6.07) is 14.2. The Morgan fingerprint density at radius 1 is 1.15 bits per heavy atom. The fraction of sp³-hybridized carbons (Fsp3) is 0.250. The minimum absolute atomic E-state index is 0.130. The number of ether oxygens (including phenoxy) is 1. The highest BCUT2D eigenvalue weighted by Gasteiger charge is 2.21. The van der Waals surface area contributed by atoms with Crippen molar-refractivity contribution in [3.8, 4) is 0 Å². The molecule has 2 rings (SSSR count). The van der Waals surface area contributed by atoms with Crippen LogP contribution >= 0.6 is 11.6 Å². The molecule has 0 heterocycles. The molecule has 2 unspecified atom stereocenters. The third kappa shape index (κ3) is 3.37. The van der Waals surface area contributed by atoms with Crippen LogP contribution in [0.1, 0.15) is 17.2 Å². The van der Waals surface area contributed by atoms with Crippen LogP contribution in [0.15, 0.2) is 48.5 Å². The molecule has 20 heavy (non-hydrogen) atoms. The first-order chi connectivity index (χ1) is 9.63. The van der Waals surface area contributed by atoms with E-state index in [4.69, 9.17) is 22.1 Å². The van der Waals surface area contributed by atoms with Crippen molar-refractivity contribution in [1.82, 2.24) is 0 Å². The minimum Gasteiger partial charge on any atom is -0.375 e. The molecule has 0 spiro atoms. The highest BCUT2D eigenvalue weighted by molar-refractivity contribution is 6.31. The lowest BCUT2D eigenvalue weighted by molar-refractivity contribution is 0.0802. The molecule has 0 saturated carbocycles. The molecule has 0 saturated heterocycles. The molecule has 0 amide bonds. The van der Waals surface area contributed by atoms with E-state index in [1.54, 1.807) is 19.2 Å². The Morgan fingerprint density at radius 3 is 2.50 bits per heavy atom. The molecule has 106 valence electrons. The summed E-state index contributed by atoms with van der Waals surface area (Å²) in [5.74, 6) is -0.426. The van der Waals surface area contributed by atoms with E-state index in [2.05, 4.69) is 0 Å². The van der Waals surface area contributed by atoms with Gasteiger partial charge in [-0.2, -0.15) is 0 Å². The topological polar surface area (TPSA) is 35.2 Å². The Kier molecular flexibility index (Phi) is 5.12. The molecule has 0 radical (unpaired) electrons. The Morgan fingerprint density at radius 2 is 1.85 bits per heavy atom. The van der Waals surface area contributed by atoms with Crippen LogP contribution in [0, 0.1) is 5.82 Å². The van der Waals surface area contributed by atoms with E-state index in [1.807, 2.05) is 30.3 Å². The van der Waals surface area contributed by atoms with Crippen molar-refractivity contribution in [2.75, 3.05) is 7.11 Å². The predicted octanol–water partition coefficient (Wildman–Crippen LogP) is 3.74. The molecule has 0 bridgehead atoms. The standard InChI is InChI=1S/C16H17ClFNO/c1-20-16(11-6-3-2-4-7-11)14(19)10-12-8-5-9-13(18)15(12)17/h2-9,14,16H,10,19H2,1H3. The van der Waals surface area contributed by atoms with Crippen LogP contribution in [0.25, 0.3) is 0 Å². The number of hydrogen-bond donors (Lipinski definition) is 1. The van der Waals surface area contributed by atoms with Crippen molar-refractivity contribution in [3.05, 3.63) is 70.5 Å². The number of rotatable bonds is 5. The normalized spacial score (nSPS) is 14.0. The lowest BCUT2D eigenvalue weighted by atomic mass is 9.96. The van der Waals surface area contributed by atoms with E-state index in [1.165, 1.54) is 6.07 Å². The molecule has 0 aromatic heterocycles. The maximum absolute atomic E-state index is 13.4. The molecule has 0 fully saturated rings. The highest BCUT2D eigenvalue weighted by Crippen LogP contribution is 2.25. The fourth-order valence-corrected chi connectivity index (χ4v) is 2.47. The Labute approximate surface area is 123 Å². The molecule has 2 N–H and O–H groups in total. The van der Waals surface area contributed by atoms with Crippen LogP contribution in [0.4, 0.5) is 4.39 Å². The van der Waals surface area contributed by atoms with Crippen LogP contribution in [-0.2, 0) is 11.2 Å². The first-order valence-corrected chi connectivity index (χ1v) is 6.77. The summed E-state index contributed by atoms with van der Waals surface area (Å²) in [5, 5.41) is 0.130. The zero-order valence-corrected chi connectivity index (χ0v) is 12.0. The van der Waals surface area contributed by atoms with Gasteiger partial charge in [-0.3, -0.25) is 0 Å². The third-order valence-corrected chi connectivity index (χ3v) is 3.68. The van der Waals surface area contributed by atoms with Crippen molar-refractivity contribution in [3.63, 3.8) is 0 Å². The molecular formula is C16H17ClFNO. The van der Waals surface area contributed by atoms with Crippen LogP contribution < -0.4 is 5.73 Å². The van der Waals surface area contributed by atoms with Crippen molar-refractivity contribution in [2.24, 2.45) is 5.73 Å². The van der Waals surface area contributed by atoms with E-state index in [-0.39, 0.29) is 17.2 Å². The van der Waals surface area contributed by atoms with Crippen molar-refractivity contribution in [1.29, 1.82) is 0 Å². The van der Waals surface area contributed by atoms with E-state index >= 15 is 0 Å². The summed E-state index contributed by atoms with van der Waals surface area (Å²) in [6.45, 7) is 0. The number of nitrogens with two attached hydrogens (primary N) is 1. The van der Waals surface area contributed by atoms with Crippen molar-refractivity contribution >= 4 is 11.6 Å². The predicted molar refractivity (Wildman–Crippen MR) is 79.3 cm³/mol. The average molecular weight is 294 g/mol. The molecule has 0 aliphatic heterocycles. The van der Waals surface area contributed by atoms with Gasteiger partial charge < -0.3 is 10.5 Å². The first kappa shape index (κ1) is 15.0. The lowest BCUT2D eigenvalue weighted by Crippen LogP contribution is -2.32. The molecule has 0 aliphatic rings. The van der Waals surface area contributed by atoms with Gasteiger partial charge in [-0.15, -0.1) is 0 Å². The van der Waals surface area contributed by atoms with Crippen molar-refractivity contribution < 1.29 is 9.13 Å². The van der Waals surface area contributed by atoms with Gasteiger partial charge in [0, 0.05) is 13.2 Å². The summed E-state index contributed by atoms with van der Waals surface area (Å²) in [7, 11) is 1.62. The first-order valence-electron chi connectivity index (χ1n) is 6.39. The second-order valence-corrected chi connectivity index (χ2v) is 5.03. The second kappa shape index (κ2) is 6.84. The van der Waals surface area contributed by atoms with Gasteiger partial charge in [-0.05, 0) is 23.6 Å². The average Bonchev–Trinajstić information content (AvgIpc) is 2.46. The van der Waals surface area contributed by atoms with Crippen LogP contribution in [0.2, 0.25) is 5.02 Å². The largest absolute Gasteiger partial charge is 0.375 e. The molecule has 2 aromatic rings. The molecular weight excluding hydrogens is 277 g/mol. The van der Waals surface area contributed by atoms with Crippen LogP contribution in [-0.4, -0.2) is 13.2 Å². The summed E-state index contributed by atoms with van der Waals surface area (Å²) in [4.78, 5) is 0. The SMILES string of the molecule is COC(c1ccccc1)C(N)Cc1cccc(F)c1Cl. The third-order valence-electron chi connectivity index (χ3n) is 3.26. The zero-order chi connectivity index (χ0) is 14.5. The maximum Gasteiger partial charge on any atom is 0.142 e. The van der Waals surface area contributed by atoms with E-state index in [0.29, 0.717) is 12.0 Å². The number of halogens is 2. The maximum atomic E-state index is 13.4. The Balaban J connectivity index is 2.18. The van der Waals surface area contributed by atoms with Gasteiger partial charge in [0.15, 0.2) is 0 Å². The van der Waals surface area contributed by atoms with Gasteiger partial charge in [0.25, 0.3) is 0 Å². The summed E-state index contributed by atoms with van der Waals surface area (Å²) in [5.41, 5.74) is 7.89. The fourth-order valence-electron chi connectivity index (χ4n) is 2.27. The van der Waals surface area contributed by atoms with Gasteiger partial charge in [-0.25, -0.2) is 4.39 Å². The van der Waals surface area contributed by atoms with Gasteiger partial charge >= 0.3 is 0 Å². The number of methoxy groups -OCH3 is 1. The van der Waals surface area contributed by atoms with Gasteiger partial charge in [0.2, 0.25) is 0 Å². The molecule has 2 atom stereocenters. The molecule has 2 aromatic carbocycles. The Bertz CT molecular complexity index is 562. The second-order valence-electron chi connectivity index (χ2n) is 4.65. The summed E-state index contributed by atoms with van der Waals surface area (Å²) in [6.07, 6.45) is 0.194. The van der Waals surface area contributed by atoms with Crippen LogP contribution in [0.3, 0.4) is 0 Å². The number of benzene rings is 2. The zero-order valence-electron chi connectivity index (χ0n) is 11.2. The minimum atomic E-state index is -0.426. The van der Waals surface area contributed by atoms with Gasteiger partial charge in [-0.1, -0.05) is 54.1 Å². The lowest BCUT2D eigenvalue weighted by Gasteiger charge is -2.23. The highest BCUT2D eigenvalue weighted by atomic mass is 35.5. The smallest absolute Gasteiger partial charge is 0.142 e. The molecule has 4 heteroatoms. The number of hydrogen-bond acceptors (Lipinski definition) is 2. The summed E-state index contributed by atoms with van der Waals surface area (Å²) < 4.78 is 18.9. The van der Waals surface area contributed by atoms with Crippen molar-refractivity contribution in [2.45, 2.75) is 18.6 Å². The van der Waals surface area contributed by atoms with Gasteiger partial charge in [0.05, 0.1) is 11.1 Å². The summed E-state index contributed by atoms with van der Waals surface area (Å²) >= 11 is 5.96. The quantitative estimate of drug-likeness (QED) is 0.911. The van der Waals surface area contributed by atoms with E-state index in [0.717, 1.165) is 5.56 Å². The molecule has 0 aliphatic carbocycles. The van der Waals surface area contributed by atoms with E-state index in [9.17, 15) is 4.39 Å². The van der Waals surface area contributed by atoms with E-state index < -0.39 is 5.82 Å². The monoisotopic (exact) mass is 293 g/mol. The molecule has 2 nitrogen and oxygen atoms in total. The Hall–Kier alpha value is -1.42.